The van der Waals surface area contributed by atoms with Gasteiger partial charge in [0.25, 0.3) is 0 Å². The number of rotatable bonds is 4. The van der Waals surface area contributed by atoms with E-state index in [0.717, 1.165) is 42.6 Å². The Bertz CT molecular complexity index is 832. The Morgan fingerprint density at radius 1 is 1.25 bits per heavy atom. The third-order valence-corrected chi connectivity index (χ3v) is 5.61. The summed E-state index contributed by atoms with van der Waals surface area (Å²) in [5.41, 5.74) is 4.69. The molecule has 2 aromatic heterocycles. The van der Waals surface area contributed by atoms with Gasteiger partial charge in [-0.3, -0.25) is 0 Å². The third-order valence-electron chi connectivity index (χ3n) is 4.56. The van der Waals surface area contributed by atoms with Crippen LogP contribution < -0.4 is 0 Å². The van der Waals surface area contributed by atoms with E-state index in [4.69, 9.17) is 9.72 Å². The zero-order valence-electron chi connectivity index (χ0n) is 14.0. The quantitative estimate of drug-likeness (QED) is 0.716. The Kier molecular flexibility index (Phi) is 4.21. The fourth-order valence-electron chi connectivity index (χ4n) is 3.39. The molecular formula is C19H21N3OS. The van der Waals surface area contributed by atoms with Crippen LogP contribution >= 0.6 is 11.3 Å². The minimum Gasteiger partial charge on any atom is -0.381 e. The molecule has 0 amide bonds. The molecule has 1 aliphatic rings. The highest BCUT2D eigenvalue weighted by molar-refractivity contribution is 7.11. The van der Waals surface area contributed by atoms with E-state index in [2.05, 4.69) is 47.7 Å². The summed E-state index contributed by atoms with van der Waals surface area (Å²) in [4.78, 5) is 10.6. The van der Waals surface area contributed by atoms with Crippen molar-refractivity contribution in [3.63, 3.8) is 0 Å². The van der Waals surface area contributed by atoms with E-state index in [1.807, 2.05) is 12.4 Å². The van der Waals surface area contributed by atoms with Crippen molar-refractivity contribution in [1.82, 2.24) is 14.5 Å². The van der Waals surface area contributed by atoms with Gasteiger partial charge in [0.1, 0.15) is 0 Å². The van der Waals surface area contributed by atoms with Crippen LogP contribution in [0.3, 0.4) is 0 Å². The first kappa shape index (κ1) is 15.5. The second kappa shape index (κ2) is 6.49. The number of thiazole rings is 1. The van der Waals surface area contributed by atoms with Gasteiger partial charge in [-0.15, -0.1) is 11.3 Å². The van der Waals surface area contributed by atoms with Crippen molar-refractivity contribution in [3.05, 3.63) is 57.9 Å². The van der Waals surface area contributed by atoms with Crippen LogP contribution in [0.1, 0.15) is 33.6 Å². The Labute approximate surface area is 146 Å². The van der Waals surface area contributed by atoms with Gasteiger partial charge in [0.2, 0.25) is 0 Å². The van der Waals surface area contributed by atoms with Crippen LogP contribution in [0.5, 0.6) is 0 Å². The van der Waals surface area contributed by atoms with Gasteiger partial charge < -0.3 is 9.30 Å². The van der Waals surface area contributed by atoms with Gasteiger partial charge in [0.15, 0.2) is 0 Å². The van der Waals surface area contributed by atoms with Gasteiger partial charge in [-0.1, -0.05) is 30.3 Å². The molecule has 4 nitrogen and oxygen atoms in total. The molecule has 0 radical (unpaired) electrons. The van der Waals surface area contributed by atoms with Crippen LogP contribution in [-0.4, -0.2) is 27.7 Å². The first-order valence-corrected chi connectivity index (χ1v) is 9.15. The highest BCUT2D eigenvalue weighted by atomic mass is 32.1. The maximum absolute atomic E-state index is 5.65. The Hall–Kier alpha value is -1.98. The van der Waals surface area contributed by atoms with E-state index in [0.29, 0.717) is 5.92 Å². The van der Waals surface area contributed by atoms with E-state index in [1.54, 1.807) is 11.3 Å². The van der Waals surface area contributed by atoms with Crippen molar-refractivity contribution < 1.29 is 4.74 Å². The average Bonchev–Trinajstić information content (AvgIpc) is 3.29. The predicted octanol–water partition coefficient (Wildman–Crippen LogP) is 4.18. The molecule has 124 valence electrons. The van der Waals surface area contributed by atoms with Crippen LogP contribution in [0.25, 0.3) is 11.3 Å². The minimum atomic E-state index is 0.414. The van der Waals surface area contributed by atoms with Crippen molar-refractivity contribution in [3.8, 4) is 11.3 Å². The molecule has 3 heterocycles. The van der Waals surface area contributed by atoms with E-state index < -0.39 is 0 Å². The predicted molar refractivity (Wildman–Crippen MR) is 96.5 cm³/mol. The Morgan fingerprint density at radius 3 is 2.75 bits per heavy atom. The Balaban J connectivity index is 1.76. The molecule has 0 bridgehead atoms. The summed E-state index contributed by atoms with van der Waals surface area (Å²) in [6.07, 6.45) is 3.04. The first-order chi connectivity index (χ1) is 11.7. The van der Waals surface area contributed by atoms with Crippen molar-refractivity contribution >= 4 is 11.3 Å². The molecule has 0 aliphatic carbocycles. The molecule has 1 saturated heterocycles. The lowest BCUT2D eigenvalue weighted by atomic mass is 9.99. The lowest BCUT2D eigenvalue weighted by Gasteiger charge is -2.14. The molecule has 1 aromatic carbocycles. The van der Waals surface area contributed by atoms with Gasteiger partial charge in [-0.05, 0) is 20.3 Å². The number of hydrogen-bond acceptors (Lipinski definition) is 4. The van der Waals surface area contributed by atoms with Gasteiger partial charge in [-0.25, -0.2) is 9.97 Å². The van der Waals surface area contributed by atoms with Gasteiger partial charge in [0.05, 0.1) is 41.6 Å². The standard InChI is InChI=1S/C19H21N3OS/c1-13-17(24-14(2)21-13)10-22-12-20-18(15-6-4-3-5-7-15)19(22)16-8-9-23-11-16/h3-7,12,16H,8-11H2,1-2H3/t16-/m1/s1. The van der Waals surface area contributed by atoms with E-state index in [-0.39, 0.29) is 0 Å². The zero-order chi connectivity index (χ0) is 16.5. The summed E-state index contributed by atoms with van der Waals surface area (Å²) >= 11 is 1.77. The number of ether oxygens (including phenoxy) is 1. The molecule has 4 rings (SSSR count). The van der Waals surface area contributed by atoms with E-state index in [9.17, 15) is 0 Å². The van der Waals surface area contributed by atoms with Gasteiger partial charge in [-0.2, -0.15) is 0 Å². The van der Waals surface area contributed by atoms with Crippen molar-refractivity contribution in [2.45, 2.75) is 32.7 Å². The Morgan fingerprint density at radius 2 is 2.08 bits per heavy atom. The third kappa shape index (κ3) is 2.89. The monoisotopic (exact) mass is 339 g/mol. The van der Waals surface area contributed by atoms with Gasteiger partial charge >= 0.3 is 0 Å². The molecule has 0 spiro atoms. The molecule has 24 heavy (non-hydrogen) atoms. The summed E-state index contributed by atoms with van der Waals surface area (Å²) in [6.45, 7) is 6.61. The largest absolute Gasteiger partial charge is 0.381 e. The number of nitrogens with zero attached hydrogens (tertiary/aromatic N) is 3. The van der Waals surface area contributed by atoms with Crippen LogP contribution in [0, 0.1) is 13.8 Å². The second-order valence-corrected chi connectivity index (χ2v) is 7.56. The van der Waals surface area contributed by atoms with E-state index in [1.165, 1.54) is 16.1 Å². The van der Waals surface area contributed by atoms with Crippen LogP contribution in [0.15, 0.2) is 36.7 Å². The lowest BCUT2D eigenvalue weighted by Crippen LogP contribution is -2.09. The molecule has 1 atom stereocenters. The summed E-state index contributed by atoms with van der Waals surface area (Å²) in [5.74, 6) is 0.414. The first-order valence-electron chi connectivity index (χ1n) is 8.33. The SMILES string of the molecule is Cc1nc(C)c(Cn2cnc(-c3ccccc3)c2[C@@H]2CCOC2)s1. The zero-order valence-corrected chi connectivity index (χ0v) is 14.8. The van der Waals surface area contributed by atoms with Crippen LogP contribution in [-0.2, 0) is 11.3 Å². The van der Waals surface area contributed by atoms with Crippen LogP contribution in [0.4, 0.5) is 0 Å². The molecule has 1 fully saturated rings. The number of aryl methyl sites for hydroxylation is 2. The maximum Gasteiger partial charge on any atom is 0.0959 e. The van der Waals surface area contributed by atoms with Crippen molar-refractivity contribution in [2.24, 2.45) is 0 Å². The van der Waals surface area contributed by atoms with Crippen molar-refractivity contribution in [1.29, 1.82) is 0 Å². The fourth-order valence-corrected chi connectivity index (χ4v) is 4.33. The molecule has 3 aromatic rings. The number of hydrogen-bond donors (Lipinski definition) is 0. The summed E-state index contributed by atoms with van der Waals surface area (Å²) in [5, 5.41) is 1.12. The van der Waals surface area contributed by atoms with Gasteiger partial charge in [0, 0.05) is 23.0 Å². The summed E-state index contributed by atoms with van der Waals surface area (Å²) < 4.78 is 7.95. The molecule has 5 heteroatoms. The summed E-state index contributed by atoms with van der Waals surface area (Å²) in [7, 11) is 0. The highest BCUT2D eigenvalue weighted by Crippen LogP contribution is 2.34. The lowest BCUT2D eigenvalue weighted by molar-refractivity contribution is 0.193. The molecule has 0 unspecified atom stereocenters. The van der Waals surface area contributed by atoms with E-state index >= 15 is 0 Å². The van der Waals surface area contributed by atoms with Crippen LogP contribution in [0.2, 0.25) is 0 Å². The molecule has 0 N–H and O–H groups in total. The molecule has 0 saturated carbocycles. The molecule has 1 aliphatic heterocycles. The maximum atomic E-state index is 5.65. The summed E-state index contributed by atoms with van der Waals surface area (Å²) in [6, 6.07) is 10.4. The highest BCUT2D eigenvalue weighted by Gasteiger charge is 2.26. The second-order valence-electron chi connectivity index (χ2n) is 6.27. The fraction of sp³-hybridized carbons (Fsp3) is 0.368. The topological polar surface area (TPSA) is 39.9 Å². The van der Waals surface area contributed by atoms with Crippen molar-refractivity contribution in [2.75, 3.05) is 13.2 Å². The number of aromatic nitrogens is 3. The smallest absolute Gasteiger partial charge is 0.0959 e. The number of imidazole rings is 1. The normalized spacial score (nSPS) is 17.5. The number of benzene rings is 1. The molecular weight excluding hydrogens is 318 g/mol. The minimum absolute atomic E-state index is 0.414. The average molecular weight is 339 g/mol.